The molecule has 0 saturated carbocycles. The normalized spacial score (nSPS) is 13.4. The van der Waals surface area contributed by atoms with E-state index in [2.05, 4.69) is 5.32 Å². The van der Waals surface area contributed by atoms with Crippen molar-refractivity contribution in [3.05, 3.63) is 101 Å². The van der Waals surface area contributed by atoms with E-state index in [0.29, 0.717) is 46.6 Å². The number of benzene rings is 3. The van der Waals surface area contributed by atoms with Gasteiger partial charge in [-0.2, -0.15) is 13.5 Å². The zero-order chi connectivity index (χ0) is 26.1. The van der Waals surface area contributed by atoms with Crippen molar-refractivity contribution in [2.45, 2.75) is 25.6 Å². The predicted molar refractivity (Wildman–Crippen MR) is 146 cm³/mol. The molecule has 1 atom stereocenters. The molecule has 0 aliphatic carbocycles. The molecule has 1 amide bonds. The molecule has 0 fully saturated rings. The summed E-state index contributed by atoms with van der Waals surface area (Å²) in [4.78, 5) is 19.5. The van der Waals surface area contributed by atoms with E-state index >= 15 is 0 Å². The largest absolute Gasteiger partial charge is 0.340 e. The Balaban J connectivity index is 0.00000336. The third-order valence-corrected chi connectivity index (χ3v) is 6.52. The summed E-state index contributed by atoms with van der Waals surface area (Å²) in [5.41, 5.74) is 8.71. The van der Waals surface area contributed by atoms with E-state index < -0.39 is 17.7 Å². The topological polar surface area (TPSA) is 76.2 Å². The summed E-state index contributed by atoms with van der Waals surface area (Å²) in [6, 6.07) is 15.8. The lowest BCUT2D eigenvalue weighted by Crippen LogP contribution is -2.47. The molecule has 0 saturated heterocycles. The first-order valence-electron chi connectivity index (χ1n) is 11.6. The quantitative estimate of drug-likeness (QED) is 0.332. The molecule has 4 aromatic rings. The number of carbonyl (C=O) groups is 1. The molecule has 3 N–H and O–H groups in total. The number of hydrogen-bond donors (Lipinski definition) is 2. The summed E-state index contributed by atoms with van der Waals surface area (Å²) in [5.74, 6) is -1.25. The SMILES string of the molecule is N[C@@H](Cc1ccc(F)c(F)c1)C(=O)N1CCn2c(nc(-c3ccc(F)cc3)c2Nc2ccc(Cl)cc2)C1.S. The van der Waals surface area contributed by atoms with Gasteiger partial charge in [0.1, 0.15) is 23.2 Å². The Labute approximate surface area is 229 Å². The molecule has 38 heavy (non-hydrogen) atoms. The maximum Gasteiger partial charge on any atom is 0.240 e. The van der Waals surface area contributed by atoms with Gasteiger partial charge in [-0.1, -0.05) is 17.7 Å². The molecule has 5 rings (SSSR count). The van der Waals surface area contributed by atoms with Crippen molar-refractivity contribution in [2.75, 3.05) is 11.9 Å². The number of anilines is 2. The molecule has 6 nitrogen and oxygen atoms in total. The number of nitrogens with zero attached hydrogens (tertiary/aromatic N) is 3. The molecule has 2 heterocycles. The van der Waals surface area contributed by atoms with Crippen molar-refractivity contribution in [2.24, 2.45) is 5.73 Å². The molecule has 1 aliphatic heterocycles. The number of nitrogens with two attached hydrogens (primary N) is 1. The van der Waals surface area contributed by atoms with Gasteiger partial charge >= 0.3 is 0 Å². The van der Waals surface area contributed by atoms with Crippen molar-refractivity contribution in [3.8, 4) is 11.3 Å². The van der Waals surface area contributed by atoms with Crippen LogP contribution in [0.3, 0.4) is 0 Å². The second-order valence-electron chi connectivity index (χ2n) is 8.83. The Morgan fingerprint density at radius 1 is 1.00 bits per heavy atom. The van der Waals surface area contributed by atoms with E-state index in [1.165, 1.54) is 18.2 Å². The van der Waals surface area contributed by atoms with Crippen molar-refractivity contribution < 1.29 is 18.0 Å². The lowest BCUT2D eigenvalue weighted by Gasteiger charge is -2.30. The monoisotopic (exact) mass is 559 g/mol. The van der Waals surface area contributed by atoms with Gasteiger partial charge < -0.3 is 20.5 Å². The van der Waals surface area contributed by atoms with Crippen LogP contribution in [0.5, 0.6) is 0 Å². The summed E-state index contributed by atoms with van der Waals surface area (Å²) < 4.78 is 42.4. The number of carbonyl (C=O) groups excluding carboxylic acids is 1. The number of imidazole rings is 1. The number of amides is 1. The van der Waals surface area contributed by atoms with Crippen molar-refractivity contribution in [1.29, 1.82) is 0 Å². The molecule has 3 aromatic carbocycles. The fourth-order valence-corrected chi connectivity index (χ4v) is 4.49. The molecule has 0 radical (unpaired) electrons. The highest BCUT2D eigenvalue weighted by Gasteiger charge is 2.29. The van der Waals surface area contributed by atoms with E-state index in [1.807, 2.05) is 16.7 Å². The summed E-state index contributed by atoms with van der Waals surface area (Å²) in [7, 11) is 0. The van der Waals surface area contributed by atoms with Crippen molar-refractivity contribution >= 4 is 42.5 Å². The maximum atomic E-state index is 13.6. The Bertz CT molecular complexity index is 1450. The van der Waals surface area contributed by atoms with E-state index in [4.69, 9.17) is 22.3 Å². The van der Waals surface area contributed by atoms with Crippen LogP contribution >= 0.6 is 25.1 Å². The Morgan fingerprint density at radius 2 is 1.71 bits per heavy atom. The van der Waals surface area contributed by atoms with Gasteiger partial charge in [-0.05, 0) is 72.6 Å². The molecular formula is C27H25ClF3N5OS. The lowest BCUT2D eigenvalue weighted by molar-refractivity contribution is -0.134. The Hall–Kier alpha value is -3.47. The van der Waals surface area contributed by atoms with Crippen LogP contribution in [0, 0.1) is 17.5 Å². The summed E-state index contributed by atoms with van der Waals surface area (Å²) in [6.45, 7) is 1.04. The number of aromatic nitrogens is 2. The van der Waals surface area contributed by atoms with E-state index in [9.17, 15) is 18.0 Å². The van der Waals surface area contributed by atoms with Crippen LogP contribution in [0.25, 0.3) is 11.3 Å². The summed E-state index contributed by atoms with van der Waals surface area (Å²) in [6.07, 6.45) is 0.0746. The van der Waals surface area contributed by atoms with Gasteiger partial charge in [0, 0.05) is 29.4 Å². The first-order valence-corrected chi connectivity index (χ1v) is 12.0. The second kappa shape index (κ2) is 11.5. The molecule has 0 bridgehead atoms. The first-order chi connectivity index (χ1) is 17.8. The fourth-order valence-electron chi connectivity index (χ4n) is 4.37. The van der Waals surface area contributed by atoms with Gasteiger partial charge in [0.15, 0.2) is 11.6 Å². The van der Waals surface area contributed by atoms with E-state index in [1.54, 1.807) is 29.2 Å². The van der Waals surface area contributed by atoms with Crippen LogP contribution in [0.1, 0.15) is 11.4 Å². The van der Waals surface area contributed by atoms with Crippen molar-refractivity contribution in [1.82, 2.24) is 14.5 Å². The minimum Gasteiger partial charge on any atom is -0.340 e. The minimum absolute atomic E-state index is 0. The molecule has 0 spiro atoms. The van der Waals surface area contributed by atoms with Crippen LogP contribution in [-0.4, -0.2) is 32.9 Å². The third kappa shape index (κ3) is 5.82. The van der Waals surface area contributed by atoms with Crippen LogP contribution < -0.4 is 11.1 Å². The average Bonchev–Trinajstić information content (AvgIpc) is 3.25. The van der Waals surface area contributed by atoms with Crippen LogP contribution in [0.4, 0.5) is 24.7 Å². The highest BCUT2D eigenvalue weighted by Crippen LogP contribution is 2.33. The summed E-state index contributed by atoms with van der Waals surface area (Å²) >= 11 is 6.02. The fraction of sp³-hybridized carbons (Fsp3) is 0.185. The molecule has 1 aliphatic rings. The minimum atomic E-state index is -0.980. The molecule has 0 unspecified atom stereocenters. The van der Waals surface area contributed by atoms with Crippen LogP contribution in [0.15, 0.2) is 66.7 Å². The van der Waals surface area contributed by atoms with E-state index in [-0.39, 0.29) is 38.2 Å². The predicted octanol–water partition coefficient (Wildman–Crippen LogP) is 5.39. The standard InChI is InChI=1S/C27H23ClF3N5O.H2S/c28-18-4-8-20(9-5-18)33-26-25(17-2-6-19(29)7-3-17)34-24-15-35(11-12-36(24)26)27(37)23(32)14-16-1-10-21(30)22(31)13-16;/h1-10,13,23,33H,11-12,14-15,32H2;1H2/t23-;/m0./s1. The highest BCUT2D eigenvalue weighted by molar-refractivity contribution is 7.59. The van der Waals surface area contributed by atoms with Gasteiger partial charge in [-0.15, -0.1) is 0 Å². The highest BCUT2D eigenvalue weighted by atomic mass is 35.5. The summed E-state index contributed by atoms with van der Waals surface area (Å²) in [5, 5.41) is 3.99. The molecule has 11 heteroatoms. The van der Waals surface area contributed by atoms with Crippen LogP contribution in [-0.2, 0) is 24.3 Å². The second-order valence-corrected chi connectivity index (χ2v) is 9.27. The maximum absolute atomic E-state index is 13.6. The zero-order valence-electron chi connectivity index (χ0n) is 20.1. The lowest BCUT2D eigenvalue weighted by atomic mass is 10.0. The number of fused-ring (bicyclic) bond motifs is 1. The van der Waals surface area contributed by atoms with Gasteiger partial charge in [0.25, 0.3) is 0 Å². The van der Waals surface area contributed by atoms with Gasteiger partial charge in [0.2, 0.25) is 5.91 Å². The first kappa shape index (κ1) is 27.6. The smallest absolute Gasteiger partial charge is 0.240 e. The molecular weight excluding hydrogens is 535 g/mol. The third-order valence-electron chi connectivity index (χ3n) is 6.27. The molecule has 198 valence electrons. The van der Waals surface area contributed by atoms with Gasteiger partial charge in [0.05, 0.1) is 12.6 Å². The Morgan fingerprint density at radius 3 is 2.39 bits per heavy atom. The Kier molecular flexibility index (Phi) is 8.35. The van der Waals surface area contributed by atoms with Crippen LogP contribution in [0.2, 0.25) is 5.02 Å². The number of halogens is 4. The van der Waals surface area contributed by atoms with Gasteiger partial charge in [-0.25, -0.2) is 18.2 Å². The number of nitrogens with one attached hydrogen (secondary N) is 1. The van der Waals surface area contributed by atoms with Crippen molar-refractivity contribution in [3.63, 3.8) is 0 Å². The average molecular weight is 560 g/mol. The van der Waals surface area contributed by atoms with Gasteiger partial charge in [-0.3, -0.25) is 4.79 Å². The number of rotatable bonds is 6. The molecule has 1 aromatic heterocycles. The number of hydrogen-bond acceptors (Lipinski definition) is 4. The van der Waals surface area contributed by atoms with E-state index in [0.717, 1.165) is 17.8 Å². The zero-order valence-corrected chi connectivity index (χ0v) is 21.9.